The summed E-state index contributed by atoms with van der Waals surface area (Å²) < 4.78 is 6.10. The number of nitrogens with zero attached hydrogens (tertiary/aromatic N) is 2. The summed E-state index contributed by atoms with van der Waals surface area (Å²) in [7, 11) is 0. The van der Waals surface area contributed by atoms with Crippen molar-refractivity contribution in [1.29, 1.82) is 0 Å². The van der Waals surface area contributed by atoms with Gasteiger partial charge in [-0.15, -0.1) is 0 Å². The van der Waals surface area contributed by atoms with Gasteiger partial charge in [0.15, 0.2) is 0 Å². The van der Waals surface area contributed by atoms with Gasteiger partial charge in [0, 0.05) is 32.0 Å². The lowest BCUT2D eigenvalue weighted by molar-refractivity contribution is -0.137. The van der Waals surface area contributed by atoms with E-state index in [0.717, 1.165) is 48.8 Å². The molecule has 0 aromatic heterocycles. The number of rotatable bonds is 9. The van der Waals surface area contributed by atoms with Crippen molar-refractivity contribution in [1.82, 2.24) is 5.32 Å². The zero-order valence-corrected chi connectivity index (χ0v) is 16.2. The maximum Gasteiger partial charge on any atom is 0.303 e. The molecule has 0 saturated carbocycles. The van der Waals surface area contributed by atoms with Gasteiger partial charge in [0.25, 0.3) is 0 Å². The van der Waals surface area contributed by atoms with Crippen LogP contribution in [0, 0.1) is 0 Å². The van der Waals surface area contributed by atoms with Crippen LogP contribution in [0.3, 0.4) is 0 Å². The number of nitrogens with one attached hydrogen (secondary N) is 1. The number of carboxylic acids is 1. The molecule has 0 saturated heterocycles. The van der Waals surface area contributed by atoms with Gasteiger partial charge >= 0.3 is 5.97 Å². The van der Waals surface area contributed by atoms with Crippen molar-refractivity contribution in [3.05, 3.63) is 60.2 Å². The molecule has 28 heavy (non-hydrogen) atoms. The summed E-state index contributed by atoms with van der Waals surface area (Å²) in [5.41, 5.74) is 2.14. The highest BCUT2D eigenvalue weighted by Crippen LogP contribution is 2.27. The molecular weight excluding hydrogens is 354 g/mol. The molecular formula is C22H27N3O3. The molecule has 0 fully saturated rings. The van der Waals surface area contributed by atoms with Crippen LogP contribution in [0.2, 0.25) is 0 Å². The molecule has 6 nitrogen and oxygen atoms in total. The standard InChI is InChI=1S/C22H27N3O3/c1-17(18-8-3-2-4-9-18)28-20-11-7-10-19(16-20)25-15-13-21(24-25)23-14-6-5-12-22(26)27/h2-4,7-11,16-17H,5-6,12-15H2,1H3,(H,23,24)(H,26,27). The molecule has 0 spiro atoms. The summed E-state index contributed by atoms with van der Waals surface area (Å²) in [6.07, 6.45) is 2.55. The average molecular weight is 381 g/mol. The van der Waals surface area contributed by atoms with E-state index in [1.54, 1.807) is 0 Å². The number of hydrogen-bond donors (Lipinski definition) is 2. The van der Waals surface area contributed by atoms with Crippen LogP contribution in [0.4, 0.5) is 5.69 Å². The number of unbranched alkanes of at least 4 members (excludes halogenated alkanes) is 1. The molecule has 2 aromatic carbocycles. The topological polar surface area (TPSA) is 74.2 Å². The highest BCUT2D eigenvalue weighted by Gasteiger charge is 2.16. The van der Waals surface area contributed by atoms with E-state index < -0.39 is 5.97 Å². The number of ether oxygens (including phenoxy) is 1. The second-order valence-corrected chi connectivity index (χ2v) is 6.87. The smallest absolute Gasteiger partial charge is 0.303 e. The Balaban J connectivity index is 1.53. The molecule has 1 unspecified atom stereocenters. The fourth-order valence-corrected chi connectivity index (χ4v) is 3.12. The minimum absolute atomic E-state index is 0.0263. The molecule has 1 heterocycles. The maximum absolute atomic E-state index is 10.5. The Morgan fingerprint density at radius 3 is 2.82 bits per heavy atom. The van der Waals surface area contributed by atoms with Crippen LogP contribution in [0.5, 0.6) is 5.75 Å². The number of carbonyl (C=O) groups is 1. The predicted octanol–water partition coefficient (Wildman–Crippen LogP) is 4.19. The summed E-state index contributed by atoms with van der Waals surface area (Å²) in [6, 6.07) is 18.1. The number of benzene rings is 2. The summed E-state index contributed by atoms with van der Waals surface area (Å²) >= 11 is 0. The van der Waals surface area contributed by atoms with E-state index >= 15 is 0 Å². The first kappa shape index (κ1) is 19.7. The molecule has 0 radical (unpaired) electrons. The highest BCUT2D eigenvalue weighted by atomic mass is 16.5. The summed E-state index contributed by atoms with van der Waals surface area (Å²) in [5, 5.41) is 18.6. The van der Waals surface area contributed by atoms with Crippen molar-refractivity contribution >= 4 is 17.5 Å². The summed E-state index contributed by atoms with van der Waals surface area (Å²) in [4.78, 5) is 10.5. The first-order valence-corrected chi connectivity index (χ1v) is 9.74. The van der Waals surface area contributed by atoms with Crippen LogP contribution in [0.1, 0.15) is 44.3 Å². The number of hydrogen-bond acceptors (Lipinski definition) is 5. The third-order valence-corrected chi connectivity index (χ3v) is 4.65. The third kappa shape index (κ3) is 5.74. The van der Waals surface area contributed by atoms with Crippen molar-refractivity contribution in [3.63, 3.8) is 0 Å². The molecule has 0 bridgehead atoms. The second-order valence-electron chi connectivity index (χ2n) is 6.87. The van der Waals surface area contributed by atoms with Crippen LogP contribution >= 0.6 is 0 Å². The van der Waals surface area contributed by atoms with E-state index in [1.165, 1.54) is 0 Å². The van der Waals surface area contributed by atoms with Gasteiger partial charge in [-0.2, -0.15) is 5.10 Å². The van der Waals surface area contributed by atoms with Crippen LogP contribution in [-0.4, -0.2) is 30.0 Å². The largest absolute Gasteiger partial charge is 0.486 e. The number of hydrazone groups is 1. The molecule has 2 aromatic rings. The minimum atomic E-state index is -0.743. The van der Waals surface area contributed by atoms with E-state index in [1.807, 2.05) is 54.4 Å². The normalized spacial score (nSPS) is 14.5. The Morgan fingerprint density at radius 2 is 2.04 bits per heavy atom. The van der Waals surface area contributed by atoms with Crippen molar-refractivity contribution in [2.24, 2.45) is 5.10 Å². The zero-order valence-electron chi connectivity index (χ0n) is 16.2. The van der Waals surface area contributed by atoms with Crippen LogP contribution in [-0.2, 0) is 4.79 Å². The van der Waals surface area contributed by atoms with Gasteiger partial charge in [0.1, 0.15) is 17.7 Å². The van der Waals surface area contributed by atoms with Gasteiger partial charge in [-0.05, 0) is 37.5 Å². The number of aliphatic carboxylic acids is 1. The van der Waals surface area contributed by atoms with Gasteiger partial charge in [-0.3, -0.25) is 9.80 Å². The van der Waals surface area contributed by atoms with Gasteiger partial charge in [0.05, 0.1) is 5.69 Å². The van der Waals surface area contributed by atoms with Crippen LogP contribution in [0.25, 0.3) is 0 Å². The molecule has 3 rings (SSSR count). The molecule has 1 atom stereocenters. The lowest BCUT2D eigenvalue weighted by Crippen LogP contribution is -2.22. The van der Waals surface area contributed by atoms with Crippen LogP contribution < -0.4 is 15.1 Å². The van der Waals surface area contributed by atoms with Crippen molar-refractivity contribution in [2.45, 2.75) is 38.7 Å². The quantitative estimate of drug-likeness (QED) is 0.637. The molecule has 0 aliphatic carbocycles. The van der Waals surface area contributed by atoms with Crippen molar-refractivity contribution in [3.8, 4) is 5.75 Å². The second kappa shape index (κ2) is 9.78. The molecule has 1 aliphatic heterocycles. The molecule has 2 N–H and O–H groups in total. The molecule has 148 valence electrons. The minimum Gasteiger partial charge on any atom is -0.486 e. The maximum atomic E-state index is 10.5. The fourth-order valence-electron chi connectivity index (χ4n) is 3.12. The SMILES string of the molecule is CC(Oc1cccc(N2CCC(NCCCCC(=O)O)=N2)c1)c1ccccc1. The lowest BCUT2D eigenvalue weighted by atomic mass is 10.1. The van der Waals surface area contributed by atoms with E-state index in [2.05, 4.69) is 22.6 Å². The molecule has 0 amide bonds. The number of amidine groups is 1. The van der Waals surface area contributed by atoms with Gasteiger partial charge in [0.2, 0.25) is 0 Å². The van der Waals surface area contributed by atoms with E-state index in [-0.39, 0.29) is 12.5 Å². The number of anilines is 1. The monoisotopic (exact) mass is 381 g/mol. The van der Waals surface area contributed by atoms with Crippen molar-refractivity contribution in [2.75, 3.05) is 18.1 Å². The molecule has 1 aliphatic rings. The summed E-state index contributed by atoms with van der Waals surface area (Å²) in [5.74, 6) is 1.02. The van der Waals surface area contributed by atoms with E-state index in [0.29, 0.717) is 6.42 Å². The third-order valence-electron chi connectivity index (χ3n) is 4.65. The number of carboxylic acid groups (broad SMARTS) is 1. The predicted molar refractivity (Wildman–Crippen MR) is 111 cm³/mol. The van der Waals surface area contributed by atoms with Gasteiger partial charge in [-0.25, -0.2) is 0 Å². The van der Waals surface area contributed by atoms with E-state index in [9.17, 15) is 4.79 Å². The van der Waals surface area contributed by atoms with Crippen molar-refractivity contribution < 1.29 is 14.6 Å². The Bertz CT molecular complexity index is 808. The average Bonchev–Trinajstić information content (AvgIpc) is 3.17. The Kier molecular flexibility index (Phi) is 6.89. The first-order chi connectivity index (χ1) is 13.6. The Hall–Kier alpha value is -3.02. The highest BCUT2D eigenvalue weighted by molar-refractivity contribution is 5.85. The zero-order chi connectivity index (χ0) is 19.8. The Morgan fingerprint density at radius 1 is 1.21 bits per heavy atom. The van der Waals surface area contributed by atoms with Crippen LogP contribution in [0.15, 0.2) is 59.7 Å². The Labute approximate surface area is 165 Å². The molecule has 6 heteroatoms. The van der Waals surface area contributed by atoms with Gasteiger partial charge < -0.3 is 15.2 Å². The fraction of sp³-hybridized carbons (Fsp3) is 0.364. The van der Waals surface area contributed by atoms with E-state index in [4.69, 9.17) is 9.84 Å². The first-order valence-electron chi connectivity index (χ1n) is 9.74. The summed E-state index contributed by atoms with van der Waals surface area (Å²) in [6.45, 7) is 3.61. The van der Waals surface area contributed by atoms with Gasteiger partial charge in [-0.1, -0.05) is 36.4 Å². The lowest BCUT2D eigenvalue weighted by Gasteiger charge is -2.18.